The first-order chi connectivity index (χ1) is 16.2. The molecule has 0 aliphatic heterocycles. The van der Waals surface area contributed by atoms with Crippen molar-refractivity contribution in [3.63, 3.8) is 0 Å². The van der Waals surface area contributed by atoms with Crippen LogP contribution in [0.15, 0.2) is 48.9 Å². The fourth-order valence-electron chi connectivity index (χ4n) is 3.72. The van der Waals surface area contributed by atoms with Crippen molar-refractivity contribution in [2.45, 2.75) is 72.7 Å². The number of ketones is 1. The molecule has 7 nitrogen and oxygen atoms in total. The molecule has 9 heteroatoms. The molecule has 0 saturated heterocycles. The van der Waals surface area contributed by atoms with E-state index in [1.54, 1.807) is 0 Å². The van der Waals surface area contributed by atoms with E-state index in [9.17, 15) is 9.59 Å². The van der Waals surface area contributed by atoms with Crippen molar-refractivity contribution in [2.75, 3.05) is 0 Å². The summed E-state index contributed by atoms with van der Waals surface area (Å²) in [5.41, 5.74) is 1.13. The van der Waals surface area contributed by atoms with Gasteiger partial charge in [-0.25, -0.2) is 17.2 Å². The van der Waals surface area contributed by atoms with Crippen LogP contribution >= 0.6 is 0 Å². The van der Waals surface area contributed by atoms with Crippen LogP contribution in [0, 0.1) is 18.1 Å². The van der Waals surface area contributed by atoms with Crippen molar-refractivity contribution in [1.82, 2.24) is 15.3 Å². The molecule has 1 amide bonds. The number of nitrogens with one attached hydrogen (secondary N) is 1. The summed E-state index contributed by atoms with van der Waals surface area (Å²) < 4.78 is 12.0. The minimum atomic E-state index is -0.717. The van der Waals surface area contributed by atoms with Crippen LogP contribution in [0.5, 0.6) is 0 Å². The summed E-state index contributed by atoms with van der Waals surface area (Å²) in [6.07, 6.45) is 7.21. The van der Waals surface area contributed by atoms with E-state index < -0.39 is 19.1 Å². The number of carbonyl (C=O) groups is 2. The van der Waals surface area contributed by atoms with E-state index in [0.717, 1.165) is 24.2 Å². The molecule has 2 unspecified atom stereocenters. The standard InChI is InChI=1S/C26H36BN3O4.Y/c1-18(2)14-22(27(33-19(3)4)34-20(5)6)16-25(31)23(15-21-10-8-7-9-11-21)30-26(32)24-17-28-12-13-29-24;/h7-13,17-18,22-23H,14-16H2,1-6H3,(H,30,32);/q-2;. The number of Topliss-reactive ketones (excluding diaryl/α,β-unsaturated/α-hetero) is 1. The van der Waals surface area contributed by atoms with Crippen LogP contribution < -0.4 is 5.32 Å². The Bertz CT molecular complexity index is 875. The third-order valence-corrected chi connectivity index (χ3v) is 5.10. The molecule has 2 atom stereocenters. The van der Waals surface area contributed by atoms with Gasteiger partial charge in [-0.15, -0.1) is 0 Å². The molecule has 1 heterocycles. The zero-order chi connectivity index (χ0) is 25.1. The summed E-state index contributed by atoms with van der Waals surface area (Å²) in [7, 11) is -0.575. The van der Waals surface area contributed by atoms with Gasteiger partial charge in [-0.05, 0) is 30.1 Å². The summed E-state index contributed by atoms with van der Waals surface area (Å²) in [4.78, 5) is 34.4. The van der Waals surface area contributed by atoms with Gasteiger partial charge in [0.05, 0.1) is 12.2 Å². The van der Waals surface area contributed by atoms with Crippen molar-refractivity contribution >= 4 is 18.8 Å². The third kappa shape index (κ3) is 11.9. The summed E-state index contributed by atoms with van der Waals surface area (Å²) >= 11 is 0. The van der Waals surface area contributed by atoms with Crippen molar-refractivity contribution in [2.24, 2.45) is 5.92 Å². The Morgan fingerprint density at radius 1 is 1.03 bits per heavy atom. The molecule has 2 aromatic rings. The molecular formula is C26H36BN3O4Y-2. The summed E-state index contributed by atoms with van der Waals surface area (Å²) in [5, 5.41) is 2.88. The van der Waals surface area contributed by atoms with Crippen LogP contribution in [-0.2, 0) is 53.2 Å². The molecular weight excluding hydrogens is 518 g/mol. The Morgan fingerprint density at radius 2 is 1.66 bits per heavy atom. The zero-order valence-corrected chi connectivity index (χ0v) is 24.5. The number of hydrogen-bond acceptors (Lipinski definition) is 6. The van der Waals surface area contributed by atoms with E-state index in [4.69, 9.17) is 9.31 Å². The first-order valence-electron chi connectivity index (χ1n) is 11.7. The number of benzene rings is 1. The third-order valence-electron chi connectivity index (χ3n) is 5.10. The number of amides is 1. The van der Waals surface area contributed by atoms with Gasteiger partial charge in [-0.3, -0.25) is 14.6 Å². The van der Waals surface area contributed by atoms with Crippen LogP contribution in [0.2, 0.25) is 5.82 Å². The number of hydrogen-bond donors (Lipinski definition) is 1. The van der Waals surface area contributed by atoms with E-state index in [-0.39, 0.29) is 56.4 Å². The molecule has 1 aromatic heterocycles. The van der Waals surface area contributed by atoms with E-state index in [0.29, 0.717) is 12.3 Å². The Balaban J connectivity index is 0.00000612. The molecule has 0 spiro atoms. The Morgan fingerprint density at radius 3 is 2.17 bits per heavy atom. The molecule has 35 heavy (non-hydrogen) atoms. The average molecular weight is 554 g/mol. The van der Waals surface area contributed by atoms with Gasteiger partial charge < -0.3 is 14.6 Å². The van der Waals surface area contributed by atoms with Gasteiger partial charge in [-0.1, -0.05) is 44.2 Å². The first kappa shape index (κ1) is 31.6. The zero-order valence-electron chi connectivity index (χ0n) is 21.7. The SMILES string of the molecule is C[C-](C)OB(O[C-](C)C)C(CC(=O)C(Cc1ccccc1)NC(=O)c1cnccn1)CC(C)C.[Y]. The second kappa shape index (κ2) is 16.3. The predicted octanol–water partition coefficient (Wildman–Crippen LogP) is 4.86. The van der Waals surface area contributed by atoms with Crippen LogP contribution in [-0.4, -0.2) is 34.8 Å². The smallest absolute Gasteiger partial charge is 0.396 e. The number of nitrogens with zero attached hydrogens (tertiary/aromatic N) is 2. The quantitative estimate of drug-likeness (QED) is 0.265. The molecule has 187 valence electrons. The minimum Gasteiger partial charge on any atom is -0.588 e. The number of carbonyl (C=O) groups excluding carboxylic acids is 2. The summed E-state index contributed by atoms with van der Waals surface area (Å²) in [5.74, 6) is -0.346. The second-order valence-electron chi connectivity index (χ2n) is 9.29. The maximum atomic E-state index is 13.6. The predicted molar refractivity (Wildman–Crippen MR) is 133 cm³/mol. The fraction of sp³-hybridized carbons (Fsp3) is 0.462. The Kier molecular flexibility index (Phi) is 14.7. The first-order valence-corrected chi connectivity index (χ1v) is 11.7. The topological polar surface area (TPSA) is 90.4 Å². The van der Waals surface area contributed by atoms with Gasteiger partial charge in [-0.2, -0.15) is 27.7 Å². The molecule has 0 aliphatic rings. The molecule has 0 fully saturated rings. The Labute approximate surface area is 235 Å². The van der Waals surface area contributed by atoms with Gasteiger partial charge in [0.2, 0.25) is 0 Å². The number of rotatable bonds is 14. The molecule has 1 radical (unpaired) electrons. The largest absolute Gasteiger partial charge is 0.588 e. The van der Waals surface area contributed by atoms with Crippen molar-refractivity contribution in [3.05, 3.63) is 72.4 Å². The van der Waals surface area contributed by atoms with Gasteiger partial charge in [0.15, 0.2) is 5.78 Å². The van der Waals surface area contributed by atoms with Gasteiger partial charge in [0.1, 0.15) is 5.69 Å². The normalized spacial score (nSPS) is 12.8. The van der Waals surface area contributed by atoms with Gasteiger partial charge >= 0.3 is 7.12 Å². The van der Waals surface area contributed by atoms with Crippen molar-refractivity contribution in [1.29, 1.82) is 0 Å². The van der Waals surface area contributed by atoms with Gasteiger partial charge in [0, 0.05) is 51.5 Å². The maximum Gasteiger partial charge on any atom is 0.396 e. The summed E-state index contributed by atoms with van der Waals surface area (Å²) in [6.45, 7) is 11.7. The van der Waals surface area contributed by atoms with E-state index in [1.807, 2.05) is 58.0 Å². The van der Waals surface area contributed by atoms with Crippen LogP contribution in [0.25, 0.3) is 0 Å². The Hall–Kier alpha value is -1.47. The molecule has 0 bridgehead atoms. The van der Waals surface area contributed by atoms with Crippen LogP contribution in [0.4, 0.5) is 0 Å². The monoisotopic (exact) mass is 554 g/mol. The molecule has 2 rings (SSSR count). The second-order valence-corrected chi connectivity index (χ2v) is 9.29. The molecule has 1 aromatic carbocycles. The molecule has 1 N–H and O–H groups in total. The van der Waals surface area contributed by atoms with Crippen molar-refractivity contribution in [3.8, 4) is 0 Å². The fourth-order valence-corrected chi connectivity index (χ4v) is 3.72. The van der Waals surface area contributed by atoms with E-state index in [2.05, 4.69) is 29.1 Å². The van der Waals surface area contributed by atoms with Crippen LogP contribution in [0.1, 0.15) is 70.4 Å². The van der Waals surface area contributed by atoms with E-state index in [1.165, 1.54) is 18.6 Å². The van der Waals surface area contributed by atoms with Crippen LogP contribution in [0.3, 0.4) is 0 Å². The number of aromatic nitrogens is 2. The molecule has 0 aliphatic carbocycles. The average Bonchev–Trinajstić information content (AvgIpc) is 2.78. The minimum absolute atomic E-state index is 0. The van der Waals surface area contributed by atoms with Crippen molar-refractivity contribution < 1.29 is 51.6 Å². The van der Waals surface area contributed by atoms with Gasteiger partial charge in [0.25, 0.3) is 5.91 Å². The summed E-state index contributed by atoms with van der Waals surface area (Å²) in [6, 6.07) is 8.93. The molecule has 0 saturated carbocycles. The maximum absolute atomic E-state index is 13.6. The van der Waals surface area contributed by atoms with E-state index >= 15 is 0 Å².